The summed E-state index contributed by atoms with van der Waals surface area (Å²) in [5, 5.41) is 12.2. The number of halogens is 2. The van der Waals surface area contributed by atoms with E-state index in [0.29, 0.717) is 17.0 Å². The van der Waals surface area contributed by atoms with E-state index in [-0.39, 0.29) is 22.2 Å². The third-order valence-corrected chi connectivity index (χ3v) is 4.59. The molecule has 1 saturated heterocycles. The largest absolute Gasteiger partial charge is 0.401 e. The van der Waals surface area contributed by atoms with Crippen molar-refractivity contribution in [1.29, 1.82) is 5.41 Å². The summed E-state index contributed by atoms with van der Waals surface area (Å²) < 4.78 is 14.4. The normalized spacial score (nSPS) is 16.4. The molecule has 1 aromatic carbocycles. The Hall–Kier alpha value is -2.31. The summed E-state index contributed by atoms with van der Waals surface area (Å²) >= 11 is 5.83. The van der Waals surface area contributed by atoms with Crippen molar-refractivity contribution in [3.8, 4) is 0 Å². The third-order valence-electron chi connectivity index (χ3n) is 4.36. The summed E-state index contributed by atoms with van der Waals surface area (Å²) in [6.07, 6.45) is 4.73. The van der Waals surface area contributed by atoms with Crippen molar-refractivity contribution in [2.45, 2.75) is 12.8 Å². The van der Waals surface area contributed by atoms with Crippen LogP contribution in [0.3, 0.4) is 0 Å². The zero-order valence-corrected chi connectivity index (χ0v) is 14.4. The van der Waals surface area contributed by atoms with Crippen molar-refractivity contribution in [2.75, 3.05) is 13.1 Å². The molecule has 25 heavy (non-hydrogen) atoms. The van der Waals surface area contributed by atoms with Crippen LogP contribution in [0.5, 0.6) is 0 Å². The van der Waals surface area contributed by atoms with E-state index < -0.39 is 5.82 Å². The van der Waals surface area contributed by atoms with E-state index in [0.717, 1.165) is 25.9 Å². The molecular formula is C18H19ClFN5. The highest BCUT2D eigenvalue weighted by atomic mass is 35.5. The second-order valence-corrected chi connectivity index (χ2v) is 6.38. The number of hydrogen-bond acceptors (Lipinski definition) is 5. The average molecular weight is 360 g/mol. The van der Waals surface area contributed by atoms with Gasteiger partial charge in [-0.2, -0.15) is 0 Å². The van der Waals surface area contributed by atoms with Gasteiger partial charge in [0.15, 0.2) is 0 Å². The van der Waals surface area contributed by atoms with Crippen LogP contribution in [0, 0.1) is 17.1 Å². The highest BCUT2D eigenvalue weighted by Crippen LogP contribution is 2.29. The van der Waals surface area contributed by atoms with Gasteiger partial charge in [0.25, 0.3) is 0 Å². The minimum Gasteiger partial charge on any atom is -0.401 e. The molecular weight excluding hydrogens is 341 g/mol. The molecule has 0 spiro atoms. The Morgan fingerprint density at radius 2 is 2.04 bits per heavy atom. The van der Waals surface area contributed by atoms with Crippen LogP contribution in [0.1, 0.15) is 24.1 Å². The number of nitrogens with zero attached hydrogens (tertiary/aromatic N) is 2. The van der Waals surface area contributed by atoms with Gasteiger partial charge in [-0.3, -0.25) is 5.41 Å². The monoisotopic (exact) mass is 359 g/mol. The van der Waals surface area contributed by atoms with E-state index in [2.05, 4.69) is 15.3 Å². The minimum atomic E-state index is -0.554. The number of allylic oxidation sites excluding steroid dienone is 2. The zero-order chi connectivity index (χ0) is 17.8. The van der Waals surface area contributed by atoms with Gasteiger partial charge in [-0.15, -0.1) is 0 Å². The van der Waals surface area contributed by atoms with E-state index in [4.69, 9.17) is 22.7 Å². The fourth-order valence-electron chi connectivity index (χ4n) is 3.02. The molecule has 5 nitrogen and oxygen atoms in total. The molecule has 1 aliphatic heterocycles. The van der Waals surface area contributed by atoms with E-state index in [1.807, 2.05) is 0 Å². The number of hydrogen-bond donors (Lipinski definition) is 3. The molecule has 7 heteroatoms. The lowest BCUT2D eigenvalue weighted by molar-refractivity contribution is 0.418. The predicted molar refractivity (Wildman–Crippen MR) is 97.0 cm³/mol. The first-order chi connectivity index (χ1) is 12.1. The highest BCUT2D eigenvalue weighted by molar-refractivity contribution is 6.32. The first-order valence-electron chi connectivity index (χ1n) is 8.09. The van der Waals surface area contributed by atoms with E-state index in [1.165, 1.54) is 18.5 Å². The summed E-state index contributed by atoms with van der Waals surface area (Å²) in [6.45, 7) is 1.73. The second kappa shape index (κ2) is 7.72. The molecule has 0 amide bonds. The molecule has 1 aliphatic rings. The number of nitrogens with one attached hydrogen (secondary N) is 2. The Morgan fingerprint density at radius 3 is 2.68 bits per heavy atom. The van der Waals surface area contributed by atoms with Gasteiger partial charge in [-0.25, -0.2) is 14.4 Å². The standard InChI is InChI=1S/C18H19ClFN5/c19-12-1-2-13(14(20)9-12)18(22)16(15-5-8-24-10-25-15)17(21)11-3-6-23-7-4-11/h1-2,5,8-11,22-23H,3-4,6-7,21H2. The summed E-state index contributed by atoms with van der Waals surface area (Å²) in [5.41, 5.74) is 8.14. The van der Waals surface area contributed by atoms with Gasteiger partial charge < -0.3 is 11.1 Å². The van der Waals surface area contributed by atoms with Crippen molar-refractivity contribution in [3.63, 3.8) is 0 Å². The van der Waals surface area contributed by atoms with Crippen LogP contribution in [0.2, 0.25) is 5.02 Å². The van der Waals surface area contributed by atoms with Crippen LogP contribution in [0.4, 0.5) is 4.39 Å². The van der Waals surface area contributed by atoms with Crippen LogP contribution in [-0.4, -0.2) is 28.8 Å². The first-order valence-corrected chi connectivity index (χ1v) is 8.47. The molecule has 1 fully saturated rings. The highest BCUT2D eigenvalue weighted by Gasteiger charge is 2.24. The Kier molecular flexibility index (Phi) is 5.40. The number of nitrogens with two attached hydrogens (primary N) is 1. The van der Waals surface area contributed by atoms with Crippen LogP contribution in [0.25, 0.3) is 5.57 Å². The molecule has 2 aromatic rings. The number of rotatable bonds is 4. The van der Waals surface area contributed by atoms with Crippen LogP contribution in [-0.2, 0) is 0 Å². The predicted octanol–water partition coefficient (Wildman–Crippen LogP) is 3.01. The maximum atomic E-state index is 14.4. The third kappa shape index (κ3) is 3.86. The van der Waals surface area contributed by atoms with Gasteiger partial charge in [0, 0.05) is 34.0 Å². The van der Waals surface area contributed by atoms with Crippen molar-refractivity contribution < 1.29 is 4.39 Å². The molecule has 0 saturated carbocycles. The quantitative estimate of drug-likeness (QED) is 0.732. The van der Waals surface area contributed by atoms with E-state index in [9.17, 15) is 4.39 Å². The Bertz CT molecular complexity index is 800. The number of benzene rings is 1. The lowest BCUT2D eigenvalue weighted by Gasteiger charge is -2.25. The molecule has 0 aliphatic carbocycles. The lowest BCUT2D eigenvalue weighted by Crippen LogP contribution is -2.31. The van der Waals surface area contributed by atoms with Crippen LogP contribution in [0.15, 0.2) is 42.5 Å². The van der Waals surface area contributed by atoms with Gasteiger partial charge in [0.1, 0.15) is 12.1 Å². The molecule has 0 radical (unpaired) electrons. The van der Waals surface area contributed by atoms with Crippen molar-refractivity contribution in [1.82, 2.24) is 15.3 Å². The molecule has 0 atom stereocenters. The van der Waals surface area contributed by atoms with Crippen LogP contribution < -0.4 is 11.1 Å². The molecule has 3 rings (SSSR count). The van der Waals surface area contributed by atoms with Gasteiger partial charge in [0.2, 0.25) is 0 Å². The molecule has 0 unspecified atom stereocenters. The Labute approximate surface area is 150 Å². The Morgan fingerprint density at radius 1 is 1.28 bits per heavy atom. The molecule has 130 valence electrons. The topological polar surface area (TPSA) is 87.7 Å². The van der Waals surface area contributed by atoms with Gasteiger partial charge >= 0.3 is 0 Å². The van der Waals surface area contributed by atoms with Crippen LogP contribution >= 0.6 is 11.6 Å². The van der Waals surface area contributed by atoms with Crippen molar-refractivity contribution >= 4 is 22.9 Å². The molecule has 4 N–H and O–H groups in total. The maximum Gasteiger partial charge on any atom is 0.134 e. The fourth-order valence-corrected chi connectivity index (χ4v) is 3.18. The van der Waals surface area contributed by atoms with E-state index in [1.54, 1.807) is 18.3 Å². The maximum absolute atomic E-state index is 14.4. The van der Waals surface area contributed by atoms with Gasteiger partial charge in [0.05, 0.1) is 11.4 Å². The zero-order valence-electron chi connectivity index (χ0n) is 13.6. The van der Waals surface area contributed by atoms with E-state index >= 15 is 0 Å². The van der Waals surface area contributed by atoms with Crippen molar-refractivity contribution in [2.24, 2.45) is 11.7 Å². The molecule has 2 heterocycles. The fraction of sp³-hybridized carbons (Fsp3) is 0.278. The average Bonchev–Trinajstić information content (AvgIpc) is 2.63. The smallest absolute Gasteiger partial charge is 0.134 e. The number of aromatic nitrogens is 2. The Balaban J connectivity index is 2.09. The summed E-state index contributed by atoms with van der Waals surface area (Å²) in [6, 6.07) is 5.94. The minimum absolute atomic E-state index is 0.00361. The SMILES string of the molecule is N=C(C(=C(N)C1CCNCC1)c1ccncn1)c1ccc(Cl)cc1F. The summed E-state index contributed by atoms with van der Waals surface area (Å²) in [4.78, 5) is 8.15. The second-order valence-electron chi connectivity index (χ2n) is 5.95. The van der Waals surface area contributed by atoms with Gasteiger partial charge in [-0.1, -0.05) is 11.6 Å². The molecule has 1 aromatic heterocycles. The lowest BCUT2D eigenvalue weighted by atomic mass is 9.87. The van der Waals surface area contributed by atoms with Gasteiger partial charge in [-0.05, 0) is 50.2 Å². The number of piperidine rings is 1. The summed E-state index contributed by atoms with van der Waals surface area (Å²) in [7, 11) is 0. The van der Waals surface area contributed by atoms with Crippen molar-refractivity contribution in [3.05, 3.63) is 64.6 Å². The summed E-state index contributed by atoms with van der Waals surface area (Å²) in [5.74, 6) is -0.427. The first kappa shape index (κ1) is 17.5. The molecule has 0 bridgehead atoms.